The van der Waals surface area contributed by atoms with E-state index in [2.05, 4.69) is 34.1 Å². The second-order valence-corrected chi connectivity index (χ2v) is 6.52. The zero-order valence-corrected chi connectivity index (χ0v) is 15.6. The van der Waals surface area contributed by atoms with E-state index < -0.39 is 23.5 Å². The van der Waals surface area contributed by atoms with Crippen LogP contribution in [-0.2, 0) is 11.8 Å². The van der Waals surface area contributed by atoms with Crippen LogP contribution in [0.4, 0.5) is 0 Å². The second kappa shape index (κ2) is 8.87. The number of amides is 2. The Morgan fingerprint density at radius 1 is 1.14 bits per heavy atom. The number of hydrogen-bond donors (Lipinski definition) is 4. The molecule has 0 unspecified atom stereocenters. The van der Waals surface area contributed by atoms with Crippen LogP contribution in [0.5, 0.6) is 0 Å². The standard InChI is InChI=1S/C20H20N4O4/c1-20(2,27)17(19(26)23-28)22-18(25)16-10-8-14(9-11-16)6-4-5-7-15-12-21-24(3)13-15/h8-13,17,27-28H,1-3H3,(H,22,25)(H,23,26)/t17-/m1/s1. The van der Waals surface area contributed by atoms with Crippen LogP contribution < -0.4 is 10.8 Å². The van der Waals surface area contributed by atoms with Crippen molar-refractivity contribution >= 4 is 11.8 Å². The molecule has 0 spiro atoms. The van der Waals surface area contributed by atoms with Gasteiger partial charge in [-0.05, 0) is 55.9 Å². The molecular formula is C20H20N4O4. The topological polar surface area (TPSA) is 116 Å². The number of nitrogens with one attached hydrogen (secondary N) is 2. The van der Waals surface area contributed by atoms with E-state index in [1.165, 1.54) is 31.5 Å². The van der Waals surface area contributed by atoms with E-state index in [1.54, 1.807) is 36.3 Å². The molecule has 4 N–H and O–H groups in total. The summed E-state index contributed by atoms with van der Waals surface area (Å²) in [7, 11) is 1.80. The summed E-state index contributed by atoms with van der Waals surface area (Å²) in [6.07, 6.45) is 3.42. The van der Waals surface area contributed by atoms with E-state index in [-0.39, 0.29) is 5.56 Å². The summed E-state index contributed by atoms with van der Waals surface area (Å²) in [5.41, 5.74) is 1.55. The Hall–Kier alpha value is -3.59. The summed E-state index contributed by atoms with van der Waals surface area (Å²) in [5, 5.41) is 25.2. The normalized spacial score (nSPS) is 11.3. The summed E-state index contributed by atoms with van der Waals surface area (Å²) in [4.78, 5) is 24.0. The molecule has 0 aliphatic heterocycles. The molecule has 0 fully saturated rings. The minimum Gasteiger partial charge on any atom is -0.388 e. The third-order valence-electron chi connectivity index (χ3n) is 3.68. The van der Waals surface area contributed by atoms with Gasteiger partial charge in [0.1, 0.15) is 6.04 Å². The Balaban J connectivity index is 2.06. The lowest BCUT2D eigenvalue weighted by atomic mass is 9.97. The maximum atomic E-state index is 12.3. The summed E-state index contributed by atoms with van der Waals surface area (Å²) >= 11 is 0. The van der Waals surface area contributed by atoms with E-state index in [4.69, 9.17) is 5.21 Å². The minimum absolute atomic E-state index is 0.270. The number of aryl methyl sites for hydroxylation is 1. The first kappa shape index (κ1) is 20.7. The average Bonchev–Trinajstić information content (AvgIpc) is 3.07. The van der Waals surface area contributed by atoms with Gasteiger partial charge in [0, 0.05) is 24.4 Å². The molecule has 2 aromatic rings. The Morgan fingerprint density at radius 2 is 1.75 bits per heavy atom. The summed E-state index contributed by atoms with van der Waals surface area (Å²) in [6.45, 7) is 2.69. The van der Waals surface area contributed by atoms with Crippen LogP contribution >= 0.6 is 0 Å². The second-order valence-electron chi connectivity index (χ2n) is 6.52. The first-order valence-electron chi connectivity index (χ1n) is 8.28. The van der Waals surface area contributed by atoms with Gasteiger partial charge in [-0.3, -0.25) is 19.5 Å². The third-order valence-corrected chi connectivity index (χ3v) is 3.68. The van der Waals surface area contributed by atoms with Crippen LogP contribution in [0.3, 0.4) is 0 Å². The molecule has 0 saturated carbocycles. The molecule has 2 rings (SSSR count). The number of hydrogen-bond acceptors (Lipinski definition) is 5. The van der Waals surface area contributed by atoms with Gasteiger partial charge in [0.25, 0.3) is 11.8 Å². The Morgan fingerprint density at radius 3 is 2.25 bits per heavy atom. The van der Waals surface area contributed by atoms with E-state index in [0.717, 1.165) is 5.56 Å². The lowest BCUT2D eigenvalue weighted by Crippen LogP contribution is -2.57. The highest BCUT2D eigenvalue weighted by Gasteiger charge is 2.34. The SMILES string of the molecule is Cn1cc(C#CC#Cc2ccc(C(=O)N[C@H](C(=O)NO)C(C)(C)O)cc2)cn1. The summed E-state index contributed by atoms with van der Waals surface area (Å²) in [6, 6.07) is 5.02. The predicted molar refractivity (Wildman–Crippen MR) is 101 cm³/mol. The van der Waals surface area contributed by atoms with Gasteiger partial charge in [0.2, 0.25) is 0 Å². The maximum Gasteiger partial charge on any atom is 0.268 e. The van der Waals surface area contributed by atoms with Crippen molar-refractivity contribution in [2.75, 3.05) is 0 Å². The largest absolute Gasteiger partial charge is 0.388 e. The monoisotopic (exact) mass is 380 g/mol. The molecule has 28 heavy (non-hydrogen) atoms. The van der Waals surface area contributed by atoms with Crippen molar-refractivity contribution in [3.8, 4) is 23.7 Å². The summed E-state index contributed by atoms with van der Waals surface area (Å²) < 4.78 is 1.65. The van der Waals surface area contributed by atoms with E-state index in [0.29, 0.717) is 5.56 Å². The number of benzene rings is 1. The highest BCUT2D eigenvalue weighted by atomic mass is 16.5. The van der Waals surface area contributed by atoms with Gasteiger partial charge in [0.05, 0.1) is 17.4 Å². The van der Waals surface area contributed by atoms with Gasteiger partial charge in [0.15, 0.2) is 0 Å². The van der Waals surface area contributed by atoms with Crippen LogP contribution in [0, 0.1) is 23.7 Å². The zero-order chi connectivity index (χ0) is 20.7. The molecular weight excluding hydrogens is 360 g/mol. The first-order valence-corrected chi connectivity index (χ1v) is 8.28. The number of nitrogens with zero attached hydrogens (tertiary/aromatic N) is 2. The van der Waals surface area contributed by atoms with Crippen molar-refractivity contribution in [3.63, 3.8) is 0 Å². The Bertz CT molecular complexity index is 979. The fourth-order valence-corrected chi connectivity index (χ4v) is 2.24. The lowest BCUT2D eigenvalue weighted by molar-refractivity contribution is -0.136. The first-order chi connectivity index (χ1) is 13.2. The molecule has 2 amide bonds. The van der Waals surface area contributed by atoms with Gasteiger partial charge >= 0.3 is 0 Å². The molecule has 0 aliphatic rings. The molecule has 8 heteroatoms. The minimum atomic E-state index is -1.57. The molecule has 0 bridgehead atoms. The van der Waals surface area contributed by atoms with Crippen molar-refractivity contribution in [2.45, 2.75) is 25.5 Å². The maximum absolute atomic E-state index is 12.3. The van der Waals surface area contributed by atoms with Crippen molar-refractivity contribution < 1.29 is 19.9 Å². The molecule has 1 heterocycles. The third kappa shape index (κ3) is 5.71. The zero-order valence-electron chi connectivity index (χ0n) is 15.6. The van der Waals surface area contributed by atoms with Gasteiger partial charge in [-0.2, -0.15) is 5.10 Å². The molecule has 1 aromatic carbocycles. The fraction of sp³-hybridized carbons (Fsp3) is 0.250. The predicted octanol–water partition coefficient (Wildman–Crippen LogP) is 0.198. The van der Waals surface area contributed by atoms with E-state index >= 15 is 0 Å². The molecule has 0 saturated heterocycles. The Labute approximate surface area is 162 Å². The number of carbonyl (C=O) groups excluding carboxylic acids is 2. The van der Waals surface area contributed by atoms with Gasteiger partial charge in [-0.15, -0.1) is 0 Å². The van der Waals surface area contributed by atoms with E-state index in [1.807, 2.05) is 0 Å². The quantitative estimate of drug-likeness (QED) is 0.343. The van der Waals surface area contributed by atoms with Crippen LogP contribution in [0.2, 0.25) is 0 Å². The van der Waals surface area contributed by atoms with Crippen molar-refractivity contribution in [2.24, 2.45) is 7.05 Å². The van der Waals surface area contributed by atoms with Crippen LogP contribution in [0.25, 0.3) is 0 Å². The Kier molecular flexibility index (Phi) is 6.56. The fourth-order valence-electron chi connectivity index (χ4n) is 2.24. The number of aliphatic hydroxyl groups is 1. The smallest absolute Gasteiger partial charge is 0.268 e. The van der Waals surface area contributed by atoms with Crippen LogP contribution in [0.15, 0.2) is 36.7 Å². The number of carbonyl (C=O) groups is 2. The highest BCUT2D eigenvalue weighted by molar-refractivity contribution is 5.97. The van der Waals surface area contributed by atoms with Crippen LogP contribution in [-0.4, -0.2) is 43.6 Å². The lowest BCUT2D eigenvalue weighted by Gasteiger charge is -2.28. The molecule has 0 aliphatic carbocycles. The summed E-state index contributed by atoms with van der Waals surface area (Å²) in [5.74, 6) is 9.67. The number of hydroxylamine groups is 1. The van der Waals surface area contributed by atoms with Crippen molar-refractivity contribution in [3.05, 3.63) is 53.3 Å². The molecule has 144 valence electrons. The molecule has 1 atom stereocenters. The number of rotatable bonds is 4. The van der Waals surface area contributed by atoms with E-state index in [9.17, 15) is 14.7 Å². The van der Waals surface area contributed by atoms with Gasteiger partial charge in [-0.1, -0.05) is 5.92 Å². The van der Waals surface area contributed by atoms with Gasteiger partial charge < -0.3 is 10.4 Å². The molecule has 0 radical (unpaired) electrons. The average molecular weight is 380 g/mol. The number of aromatic nitrogens is 2. The molecule has 1 aromatic heterocycles. The van der Waals surface area contributed by atoms with Crippen molar-refractivity contribution in [1.29, 1.82) is 0 Å². The van der Waals surface area contributed by atoms with Crippen LogP contribution in [0.1, 0.15) is 35.3 Å². The molecule has 8 nitrogen and oxygen atoms in total. The highest BCUT2D eigenvalue weighted by Crippen LogP contribution is 2.11. The van der Waals surface area contributed by atoms with Crippen molar-refractivity contribution in [1.82, 2.24) is 20.6 Å². The van der Waals surface area contributed by atoms with Gasteiger partial charge in [-0.25, -0.2) is 5.48 Å².